The Hall–Kier alpha value is -2.08. The summed E-state index contributed by atoms with van der Waals surface area (Å²) in [6.07, 6.45) is -0.644. The molecule has 26 heavy (non-hydrogen) atoms. The van der Waals surface area contributed by atoms with Gasteiger partial charge in [0.25, 0.3) is 0 Å². The molecule has 0 fully saturated rings. The highest BCUT2D eigenvalue weighted by atomic mass is 16.5. The number of hydrogen-bond donors (Lipinski definition) is 3. The molecule has 1 aliphatic carbocycles. The molecule has 3 N–H and O–H groups in total. The van der Waals surface area contributed by atoms with E-state index in [1.165, 1.54) is 0 Å². The lowest BCUT2D eigenvalue weighted by Crippen LogP contribution is -2.20. The number of hydrogen-bond acceptors (Lipinski definition) is 5. The second-order valence-electron chi connectivity index (χ2n) is 6.30. The summed E-state index contributed by atoms with van der Waals surface area (Å²) in [5.41, 5.74) is 3.91. The molecule has 0 bridgehead atoms. The molecular formula is C21H28N2O3. The van der Waals surface area contributed by atoms with Crippen molar-refractivity contribution in [3.63, 3.8) is 0 Å². The topological polar surface area (TPSA) is 62.8 Å². The molecule has 0 unspecified atom stereocenters. The first-order valence-corrected chi connectivity index (χ1v) is 9.38. The molecule has 140 valence electrons. The molecule has 3 rings (SSSR count). The second kappa shape index (κ2) is 9.03. The molecule has 0 heterocycles. The Balaban J connectivity index is 1.70. The maximum absolute atomic E-state index is 10.8. The van der Waals surface area contributed by atoms with Crippen LogP contribution in [0.1, 0.15) is 31.1 Å². The summed E-state index contributed by atoms with van der Waals surface area (Å²) in [5, 5.41) is 17.2. The van der Waals surface area contributed by atoms with Gasteiger partial charge in [-0.3, -0.25) is 0 Å². The predicted octanol–water partition coefficient (Wildman–Crippen LogP) is 2.73. The lowest BCUT2D eigenvalue weighted by atomic mass is 10.1. The summed E-state index contributed by atoms with van der Waals surface area (Å²) in [6, 6.07) is 11.9. The van der Waals surface area contributed by atoms with Crippen molar-refractivity contribution in [3.8, 4) is 22.6 Å². The van der Waals surface area contributed by atoms with E-state index in [1.807, 2.05) is 36.4 Å². The van der Waals surface area contributed by atoms with Crippen molar-refractivity contribution in [2.24, 2.45) is 0 Å². The molecule has 0 atom stereocenters. The van der Waals surface area contributed by atoms with Crippen LogP contribution in [0.3, 0.4) is 0 Å². The highest BCUT2D eigenvalue weighted by molar-refractivity contribution is 5.79. The van der Waals surface area contributed by atoms with Gasteiger partial charge in [0.2, 0.25) is 0 Å². The van der Waals surface area contributed by atoms with Gasteiger partial charge in [0, 0.05) is 13.1 Å². The van der Waals surface area contributed by atoms with E-state index in [2.05, 4.69) is 24.5 Å². The van der Waals surface area contributed by atoms with Crippen LogP contribution in [-0.4, -0.2) is 44.5 Å². The summed E-state index contributed by atoms with van der Waals surface area (Å²) in [6.45, 7) is 8.84. The Morgan fingerprint density at radius 3 is 1.69 bits per heavy atom. The number of benzene rings is 2. The van der Waals surface area contributed by atoms with Crippen LogP contribution in [0.2, 0.25) is 0 Å². The van der Waals surface area contributed by atoms with Gasteiger partial charge in [0.15, 0.2) is 0 Å². The fourth-order valence-corrected chi connectivity index (χ4v) is 3.21. The van der Waals surface area contributed by atoms with Crippen molar-refractivity contribution in [1.29, 1.82) is 0 Å². The van der Waals surface area contributed by atoms with Crippen LogP contribution < -0.4 is 20.1 Å². The fraction of sp³-hybridized carbons (Fsp3) is 0.429. The first kappa shape index (κ1) is 18.7. The third-order valence-corrected chi connectivity index (χ3v) is 4.52. The van der Waals surface area contributed by atoms with Gasteiger partial charge in [-0.15, -0.1) is 0 Å². The molecule has 0 saturated heterocycles. The zero-order valence-electron chi connectivity index (χ0n) is 15.5. The summed E-state index contributed by atoms with van der Waals surface area (Å²) in [5.74, 6) is 1.58. The lowest BCUT2D eigenvalue weighted by molar-refractivity contribution is 0.223. The van der Waals surface area contributed by atoms with Crippen LogP contribution in [0.25, 0.3) is 11.1 Å². The van der Waals surface area contributed by atoms with E-state index >= 15 is 0 Å². The van der Waals surface area contributed by atoms with Gasteiger partial charge in [-0.25, -0.2) is 0 Å². The number of fused-ring (bicyclic) bond motifs is 3. The third-order valence-electron chi connectivity index (χ3n) is 4.52. The molecule has 2 aromatic carbocycles. The highest BCUT2D eigenvalue weighted by Crippen LogP contribution is 2.45. The van der Waals surface area contributed by atoms with Crippen molar-refractivity contribution < 1.29 is 14.6 Å². The van der Waals surface area contributed by atoms with E-state index in [0.717, 1.165) is 59.9 Å². The van der Waals surface area contributed by atoms with Crippen LogP contribution in [-0.2, 0) is 0 Å². The van der Waals surface area contributed by atoms with Crippen molar-refractivity contribution in [3.05, 3.63) is 47.5 Å². The largest absolute Gasteiger partial charge is 0.492 e. The summed E-state index contributed by atoms with van der Waals surface area (Å²) in [4.78, 5) is 0. The maximum Gasteiger partial charge on any atom is 0.119 e. The number of ether oxygens (including phenoxy) is 2. The Labute approximate surface area is 155 Å². The van der Waals surface area contributed by atoms with E-state index in [1.54, 1.807) is 0 Å². The summed E-state index contributed by atoms with van der Waals surface area (Å²) >= 11 is 0. The van der Waals surface area contributed by atoms with Gasteiger partial charge < -0.3 is 25.2 Å². The first-order valence-electron chi connectivity index (χ1n) is 9.38. The van der Waals surface area contributed by atoms with Crippen LogP contribution in [0, 0.1) is 0 Å². The van der Waals surface area contributed by atoms with Gasteiger partial charge in [-0.1, -0.05) is 26.0 Å². The quantitative estimate of drug-likeness (QED) is 0.572. The van der Waals surface area contributed by atoms with Gasteiger partial charge in [0.05, 0.1) is 0 Å². The zero-order chi connectivity index (χ0) is 18.4. The number of likely N-dealkylation sites (N-methyl/N-ethyl adjacent to an activating group) is 2. The predicted molar refractivity (Wildman–Crippen MR) is 104 cm³/mol. The number of aliphatic hydroxyl groups is 1. The van der Waals surface area contributed by atoms with E-state index < -0.39 is 6.10 Å². The average molecular weight is 356 g/mol. The smallest absolute Gasteiger partial charge is 0.119 e. The zero-order valence-corrected chi connectivity index (χ0v) is 15.5. The number of aliphatic hydroxyl groups excluding tert-OH is 1. The van der Waals surface area contributed by atoms with Crippen LogP contribution in [0.15, 0.2) is 36.4 Å². The number of nitrogens with one attached hydrogen (secondary N) is 2. The van der Waals surface area contributed by atoms with Gasteiger partial charge >= 0.3 is 0 Å². The van der Waals surface area contributed by atoms with E-state index in [0.29, 0.717) is 13.2 Å². The molecule has 5 nitrogen and oxygen atoms in total. The Kier molecular flexibility index (Phi) is 6.50. The molecule has 0 aliphatic heterocycles. The number of rotatable bonds is 10. The SMILES string of the molecule is CCNCCOc1ccc2c(c1)C(O)c1cc(OCCNCC)ccc1-2. The Bertz CT molecular complexity index is 672. The van der Waals surface area contributed by atoms with Crippen molar-refractivity contribution in [2.45, 2.75) is 20.0 Å². The molecule has 0 saturated carbocycles. The second-order valence-corrected chi connectivity index (χ2v) is 6.30. The summed E-state index contributed by atoms with van der Waals surface area (Å²) in [7, 11) is 0. The molecule has 1 aliphatic rings. The van der Waals surface area contributed by atoms with Crippen LogP contribution in [0.5, 0.6) is 11.5 Å². The van der Waals surface area contributed by atoms with E-state index in [-0.39, 0.29) is 0 Å². The molecule has 0 amide bonds. The minimum absolute atomic E-state index is 0.611. The Morgan fingerprint density at radius 2 is 1.27 bits per heavy atom. The van der Waals surface area contributed by atoms with E-state index in [9.17, 15) is 5.11 Å². The molecule has 0 aromatic heterocycles. The minimum Gasteiger partial charge on any atom is -0.492 e. The van der Waals surface area contributed by atoms with E-state index in [4.69, 9.17) is 9.47 Å². The first-order chi connectivity index (χ1) is 12.7. The maximum atomic E-state index is 10.8. The third kappa shape index (κ3) is 4.18. The lowest BCUT2D eigenvalue weighted by Gasteiger charge is -2.10. The highest BCUT2D eigenvalue weighted by Gasteiger charge is 2.28. The van der Waals surface area contributed by atoms with Crippen molar-refractivity contribution in [2.75, 3.05) is 39.4 Å². The molecule has 2 aromatic rings. The average Bonchev–Trinajstić information content (AvgIpc) is 2.94. The minimum atomic E-state index is -0.644. The van der Waals surface area contributed by atoms with Gasteiger partial charge in [0.1, 0.15) is 30.8 Å². The molecular weight excluding hydrogens is 328 g/mol. The standard InChI is InChI=1S/C21H28N2O3/c1-3-22-9-11-25-15-5-7-17-18-8-6-16(26-12-10-23-4-2)14-20(18)21(24)19(17)13-15/h5-8,13-14,21-24H,3-4,9-12H2,1-2H3. The normalized spacial score (nSPS) is 12.7. The van der Waals surface area contributed by atoms with Gasteiger partial charge in [-0.2, -0.15) is 0 Å². The fourth-order valence-electron chi connectivity index (χ4n) is 3.21. The van der Waals surface area contributed by atoms with Crippen LogP contribution in [0.4, 0.5) is 0 Å². The van der Waals surface area contributed by atoms with Crippen molar-refractivity contribution >= 4 is 0 Å². The Morgan fingerprint density at radius 1 is 0.808 bits per heavy atom. The van der Waals surface area contributed by atoms with Crippen molar-refractivity contribution in [1.82, 2.24) is 10.6 Å². The van der Waals surface area contributed by atoms with Gasteiger partial charge in [-0.05, 0) is 59.6 Å². The molecule has 5 heteroatoms. The molecule has 0 spiro atoms. The molecule has 0 radical (unpaired) electrons. The summed E-state index contributed by atoms with van der Waals surface area (Å²) < 4.78 is 11.6. The van der Waals surface area contributed by atoms with Crippen LogP contribution >= 0.6 is 0 Å². The monoisotopic (exact) mass is 356 g/mol.